The molecule has 3 rings (SSSR count). The molecule has 2 aromatic rings. The van der Waals surface area contributed by atoms with Gasteiger partial charge in [0, 0.05) is 18.8 Å². The van der Waals surface area contributed by atoms with E-state index in [0.717, 1.165) is 18.5 Å². The van der Waals surface area contributed by atoms with Crippen LogP contribution in [0, 0.1) is 0 Å². The normalized spacial score (nSPS) is 18.2. The van der Waals surface area contributed by atoms with E-state index in [-0.39, 0.29) is 18.3 Å². The number of hydrogen-bond donors (Lipinski definition) is 2. The van der Waals surface area contributed by atoms with Crippen LogP contribution in [0.15, 0.2) is 30.6 Å². The second kappa shape index (κ2) is 6.04. The molecule has 5 nitrogen and oxygen atoms in total. The molecule has 1 atom stereocenters. The molecule has 2 N–H and O–H groups in total. The van der Waals surface area contributed by atoms with E-state index in [1.54, 1.807) is 10.7 Å². The van der Waals surface area contributed by atoms with Crippen LogP contribution in [-0.2, 0) is 0 Å². The number of nitrogens with zero attached hydrogens (tertiary/aromatic N) is 2. The topological polar surface area (TPSA) is 58.4 Å². The lowest BCUT2D eigenvalue weighted by Gasteiger charge is -2.10. The minimum atomic E-state index is -0.0510. The molecule has 19 heavy (non-hydrogen) atoms. The van der Waals surface area contributed by atoms with Crippen LogP contribution in [0.1, 0.15) is 23.2 Å². The number of halogens is 1. The Kier molecular flexibility index (Phi) is 4.39. The second-order valence-electron chi connectivity index (χ2n) is 4.59. The molecular weight excluding hydrogens is 264 g/mol. The number of aromatic nitrogens is 2. The van der Waals surface area contributed by atoms with Crippen molar-refractivity contribution in [1.29, 1.82) is 0 Å². The summed E-state index contributed by atoms with van der Waals surface area (Å²) in [5.41, 5.74) is 1.47. The van der Waals surface area contributed by atoms with Gasteiger partial charge in [0.1, 0.15) is 0 Å². The van der Waals surface area contributed by atoms with Gasteiger partial charge in [-0.3, -0.25) is 4.79 Å². The molecule has 1 unspecified atom stereocenters. The fraction of sp³-hybridized carbons (Fsp3) is 0.385. The van der Waals surface area contributed by atoms with E-state index < -0.39 is 0 Å². The van der Waals surface area contributed by atoms with Gasteiger partial charge in [-0.25, -0.2) is 4.52 Å². The van der Waals surface area contributed by atoms with E-state index in [0.29, 0.717) is 18.2 Å². The summed E-state index contributed by atoms with van der Waals surface area (Å²) in [6, 6.07) is 6.11. The van der Waals surface area contributed by atoms with Crippen molar-refractivity contribution in [2.24, 2.45) is 0 Å². The number of carbonyl (C=O) groups excluding carboxylic acids is 1. The van der Waals surface area contributed by atoms with Gasteiger partial charge in [0.15, 0.2) is 0 Å². The lowest BCUT2D eigenvalue weighted by atomic mass is 10.2. The fourth-order valence-corrected chi connectivity index (χ4v) is 2.35. The van der Waals surface area contributed by atoms with Crippen molar-refractivity contribution in [2.75, 3.05) is 13.1 Å². The molecule has 1 aliphatic rings. The van der Waals surface area contributed by atoms with Crippen LogP contribution in [0.4, 0.5) is 0 Å². The Morgan fingerprint density at radius 3 is 3.21 bits per heavy atom. The Morgan fingerprint density at radius 1 is 1.53 bits per heavy atom. The third kappa shape index (κ3) is 2.88. The zero-order chi connectivity index (χ0) is 12.4. The van der Waals surface area contributed by atoms with Gasteiger partial charge in [0.05, 0.1) is 17.3 Å². The van der Waals surface area contributed by atoms with Gasteiger partial charge in [-0.1, -0.05) is 6.07 Å². The average Bonchev–Trinajstić information content (AvgIpc) is 3.05. The van der Waals surface area contributed by atoms with Crippen LogP contribution >= 0.6 is 12.4 Å². The third-order valence-electron chi connectivity index (χ3n) is 3.34. The fourth-order valence-electron chi connectivity index (χ4n) is 2.35. The van der Waals surface area contributed by atoms with Crippen molar-refractivity contribution < 1.29 is 4.79 Å². The number of amides is 1. The summed E-state index contributed by atoms with van der Waals surface area (Å²) in [4.78, 5) is 12.1. The molecule has 1 amide bonds. The minimum absolute atomic E-state index is 0. The summed E-state index contributed by atoms with van der Waals surface area (Å²) >= 11 is 0. The number of hydrogen-bond acceptors (Lipinski definition) is 3. The Morgan fingerprint density at radius 2 is 2.42 bits per heavy atom. The van der Waals surface area contributed by atoms with Crippen molar-refractivity contribution in [3.63, 3.8) is 0 Å². The van der Waals surface area contributed by atoms with Crippen LogP contribution in [0.3, 0.4) is 0 Å². The monoisotopic (exact) mass is 280 g/mol. The number of nitrogens with one attached hydrogen (secondary N) is 2. The van der Waals surface area contributed by atoms with Gasteiger partial charge in [-0.05, 0) is 31.5 Å². The first kappa shape index (κ1) is 13.8. The van der Waals surface area contributed by atoms with Crippen molar-refractivity contribution >= 4 is 23.8 Å². The minimum Gasteiger partial charge on any atom is -0.350 e. The highest BCUT2D eigenvalue weighted by Crippen LogP contribution is 2.10. The first-order valence-corrected chi connectivity index (χ1v) is 6.28. The Balaban J connectivity index is 0.00000133. The summed E-state index contributed by atoms with van der Waals surface area (Å²) < 4.78 is 1.71. The van der Waals surface area contributed by atoms with Gasteiger partial charge in [-0.2, -0.15) is 5.10 Å². The summed E-state index contributed by atoms with van der Waals surface area (Å²) in [6.07, 6.45) is 5.78. The maximum atomic E-state index is 12.1. The molecule has 102 valence electrons. The zero-order valence-electron chi connectivity index (χ0n) is 10.5. The van der Waals surface area contributed by atoms with Crippen LogP contribution in [0.5, 0.6) is 0 Å². The number of pyridine rings is 1. The molecule has 1 saturated heterocycles. The zero-order valence-corrected chi connectivity index (χ0v) is 11.3. The standard InChI is InChI=1S/C13H16N4O.ClH/c18-13(15-8-10-4-3-6-14-10)11-9-16-17-7-2-1-5-12(11)17;/h1-2,5,7,9-10,14H,3-4,6,8H2,(H,15,18);1H. The average molecular weight is 281 g/mol. The predicted molar refractivity (Wildman–Crippen MR) is 75.8 cm³/mol. The molecule has 0 radical (unpaired) electrons. The first-order valence-electron chi connectivity index (χ1n) is 6.28. The SMILES string of the molecule is Cl.O=C(NCC1CCCN1)c1cnn2ccccc12. The Labute approximate surface area is 117 Å². The van der Waals surface area contributed by atoms with Crippen molar-refractivity contribution in [2.45, 2.75) is 18.9 Å². The van der Waals surface area contributed by atoms with Gasteiger partial charge < -0.3 is 10.6 Å². The van der Waals surface area contributed by atoms with Crippen molar-refractivity contribution in [1.82, 2.24) is 20.2 Å². The molecule has 1 aliphatic heterocycles. The summed E-state index contributed by atoms with van der Waals surface area (Å²) in [5.74, 6) is -0.0510. The first-order chi connectivity index (χ1) is 8.84. The van der Waals surface area contributed by atoms with Crippen LogP contribution in [0.25, 0.3) is 5.52 Å². The van der Waals surface area contributed by atoms with E-state index in [4.69, 9.17) is 0 Å². The molecule has 0 spiro atoms. The van der Waals surface area contributed by atoms with E-state index in [2.05, 4.69) is 15.7 Å². The summed E-state index contributed by atoms with van der Waals surface area (Å²) in [7, 11) is 0. The third-order valence-corrected chi connectivity index (χ3v) is 3.34. The molecule has 0 bridgehead atoms. The molecule has 2 aromatic heterocycles. The van der Waals surface area contributed by atoms with E-state index in [9.17, 15) is 4.79 Å². The molecule has 1 fully saturated rings. The molecule has 3 heterocycles. The van der Waals surface area contributed by atoms with Gasteiger partial charge >= 0.3 is 0 Å². The Hall–Kier alpha value is -1.59. The number of rotatable bonds is 3. The predicted octanol–water partition coefficient (Wildman–Crippen LogP) is 1.24. The molecule has 0 aliphatic carbocycles. The number of carbonyl (C=O) groups is 1. The number of fused-ring (bicyclic) bond motifs is 1. The van der Waals surface area contributed by atoms with E-state index in [1.165, 1.54) is 6.42 Å². The maximum Gasteiger partial charge on any atom is 0.255 e. The highest BCUT2D eigenvalue weighted by Gasteiger charge is 2.17. The lowest BCUT2D eigenvalue weighted by Crippen LogP contribution is -2.37. The van der Waals surface area contributed by atoms with E-state index >= 15 is 0 Å². The quantitative estimate of drug-likeness (QED) is 0.889. The molecular formula is C13H17ClN4O. The second-order valence-corrected chi connectivity index (χ2v) is 4.59. The maximum absolute atomic E-state index is 12.1. The molecule has 0 saturated carbocycles. The highest BCUT2D eigenvalue weighted by molar-refractivity contribution is 6.00. The molecule has 0 aromatic carbocycles. The van der Waals surface area contributed by atoms with Crippen molar-refractivity contribution in [3.05, 3.63) is 36.2 Å². The van der Waals surface area contributed by atoms with Gasteiger partial charge in [0.25, 0.3) is 5.91 Å². The van der Waals surface area contributed by atoms with Crippen LogP contribution in [0.2, 0.25) is 0 Å². The summed E-state index contributed by atoms with van der Waals surface area (Å²) in [6.45, 7) is 1.74. The van der Waals surface area contributed by atoms with Crippen LogP contribution in [-0.4, -0.2) is 34.7 Å². The van der Waals surface area contributed by atoms with E-state index in [1.807, 2.05) is 24.4 Å². The Bertz CT molecular complexity index is 563. The van der Waals surface area contributed by atoms with Gasteiger partial charge in [0.2, 0.25) is 0 Å². The lowest BCUT2D eigenvalue weighted by molar-refractivity contribution is 0.0952. The highest BCUT2D eigenvalue weighted by atomic mass is 35.5. The molecule has 6 heteroatoms. The van der Waals surface area contributed by atoms with Gasteiger partial charge in [-0.15, -0.1) is 12.4 Å². The van der Waals surface area contributed by atoms with Crippen molar-refractivity contribution in [3.8, 4) is 0 Å². The van der Waals surface area contributed by atoms with Crippen LogP contribution < -0.4 is 10.6 Å². The smallest absolute Gasteiger partial charge is 0.255 e. The largest absolute Gasteiger partial charge is 0.350 e. The summed E-state index contributed by atoms with van der Waals surface area (Å²) in [5, 5.41) is 10.5.